The number of hydrogen-bond donors (Lipinski definition) is 2. The van der Waals surface area contributed by atoms with E-state index in [9.17, 15) is 18.0 Å². The minimum atomic E-state index is -5.08. The Hall–Kier alpha value is -1.69. The predicted octanol–water partition coefficient (Wildman–Crippen LogP) is 4.01. The van der Waals surface area contributed by atoms with Gasteiger partial charge in [-0.2, -0.15) is 13.2 Å². The van der Waals surface area contributed by atoms with Crippen LogP contribution >= 0.6 is 0 Å². The van der Waals surface area contributed by atoms with Crippen LogP contribution in [0.15, 0.2) is 12.2 Å². The number of rotatable bonds is 14. The van der Waals surface area contributed by atoms with E-state index in [0.29, 0.717) is 13.2 Å². The van der Waals surface area contributed by atoms with Gasteiger partial charge in [0.1, 0.15) is 18.3 Å². The fourth-order valence-corrected chi connectivity index (χ4v) is 3.20. The van der Waals surface area contributed by atoms with E-state index in [-0.39, 0.29) is 24.9 Å². The molecule has 1 fully saturated rings. The Morgan fingerprint density at radius 1 is 1.09 bits per heavy atom. The normalized spacial score (nSPS) is 22.8. The number of alkyl halides is 3. The molecule has 8 nitrogen and oxygen atoms in total. The van der Waals surface area contributed by atoms with Crippen LogP contribution in [0.5, 0.6) is 0 Å². The maximum absolute atomic E-state index is 11.8. The second kappa shape index (κ2) is 18.6. The first kappa shape index (κ1) is 32.3. The van der Waals surface area contributed by atoms with Gasteiger partial charge in [0.05, 0.1) is 13.2 Å². The van der Waals surface area contributed by atoms with Gasteiger partial charge in [0, 0.05) is 13.7 Å². The molecule has 1 heterocycles. The van der Waals surface area contributed by atoms with Crippen molar-refractivity contribution in [3.8, 4) is 0 Å². The molecule has 0 aromatic carbocycles. The predicted molar refractivity (Wildman–Crippen MR) is 120 cm³/mol. The van der Waals surface area contributed by atoms with E-state index >= 15 is 0 Å². The molecular weight excluding hydrogens is 459 g/mol. The van der Waals surface area contributed by atoms with Crippen LogP contribution in [0, 0.1) is 0 Å². The molecule has 3 N–H and O–H groups in total. The van der Waals surface area contributed by atoms with Crippen molar-refractivity contribution in [2.75, 3.05) is 26.9 Å². The van der Waals surface area contributed by atoms with Gasteiger partial charge in [-0.1, -0.05) is 58.1 Å². The molecule has 1 aliphatic heterocycles. The van der Waals surface area contributed by atoms with E-state index < -0.39 is 24.2 Å². The molecule has 1 rings (SSSR count). The summed E-state index contributed by atoms with van der Waals surface area (Å²) in [7, 11) is 1.62. The number of unbranched alkanes of at least 4 members (excludes halogenated alkanes) is 6. The molecule has 0 radical (unpaired) electrons. The number of aliphatic carboxylic acids is 1. The summed E-state index contributed by atoms with van der Waals surface area (Å²) in [4.78, 5) is 20.7. The number of carboxylic acid groups (broad SMARTS) is 1. The first-order chi connectivity index (χ1) is 16.1. The summed E-state index contributed by atoms with van der Waals surface area (Å²) < 4.78 is 54.8. The van der Waals surface area contributed by atoms with Gasteiger partial charge in [-0.25, -0.2) is 4.79 Å². The first-order valence-corrected chi connectivity index (χ1v) is 11.7. The number of carboxylic acids is 1. The second-order valence-electron chi connectivity index (χ2n) is 7.85. The van der Waals surface area contributed by atoms with Gasteiger partial charge in [-0.15, -0.1) is 0 Å². The highest BCUT2D eigenvalue weighted by Gasteiger charge is 2.43. The molecule has 0 spiro atoms. The van der Waals surface area contributed by atoms with Crippen LogP contribution in [-0.2, 0) is 28.5 Å². The Morgan fingerprint density at radius 2 is 1.71 bits per heavy atom. The zero-order valence-corrected chi connectivity index (χ0v) is 20.4. The van der Waals surface area contributed by atoms with Crippen molar-refractivity contribution in [3.63, 3.8) is 0 Å². The van der Waals surface area contributed by atoms with Gasteiger partial charge in [0.15, 0.2) is 6.10 Å². The Bertz CT molecular complexity index is 587. The molecule has 0 unspecified atom stereocenters. The number of methoxy groups -OCH3 is 1. The largest absolute Gasteiger partial charge is 0.490 e. The number of halogens is 3. The molecule has 1 saturated heterocycles. The van der Waals surface area contributed by atoms with Crippen molar-refractivity contribution in [3.05, 3.63) is 12.2 Å². The number of carbonyl (C=O) groups is 2. The highest BCUT2D eigenvalue weighted by molar-refractivity contribution is 5.73. The summed E-state index contributed by atoms with van der Waals surface area (Å²) in [6.07, 6.45) is 6.75. The lowest BCUT2D eigenvalue weighted by Crippen LogP contribution is -2.56. The number of hydrogen-bond acceptors (Lipinski definition) is 7. The van der Waals surface area contributed by atoms with Crippen LogP contribution in [0.4, 0.5) is 13.2 Å². The number of carbonyl (C=O) groups excluding carboxylic acids is 1. The fourth-order valence-electron chi connectivity index (χ4n) is 3.20. The summed E-state index contributed by atoms with van der Waals surface area (Å²) in [5.74, 6) is -3.22. The molecule has 34 heavy (non-hydrogen) atoms. The highest BCUT2D eigenvalue weighted by Crippen LogP contribution is 2.25. The van der Waals surface area contributed by atoms with E-state index in [1.54, 1.807) is 7.11 Å². The Balaban J connectivity index is 0.00000135. The van der Waals surface area contributed by atoms with Crippen molar-refractivity contribution >= 4 is 11.9 Å². The zero-order valence-electron chi connectivity index (χ0n) is 20.4. The van der Waals surface area contributed by atoms with Gasteiger partial charge in [0.2, 0.25) is 0 Å². The van der Waals surface area contributed by atoms with E-state index in [2.05, 4.69) is 19.9 Å². The number of esters is 1. The van der Waals surface area contributed by atoms with Crippen LogP contribution in [0.1, 0.15) is 65.2 Å². The average Bonchev–Trinajstić information content (AvgIpc) is 2.79. The lowest BCUT2D eigenvalue weighted by Gasteiger charge is -2.40. The van der Waals surface area contributed by atoms with Gasteiger partial charge >= 0.3 is 18.1 Å². The lowest BCUT2D eigenvalue weighted by molar-refractivity contribution is -0.214. The van der Waals surface area contributed by atoms with Gasteiger partial charge < -0.3 is 29.8 Å². The van der Waals surface area contributed by atoms with E-state index in [1.165, 1.54) is 25.7 Å². The standard InChI is InChI=1S/C21H39NO5.C2HF3O2/c1-4-6-8-9-10-11-12-13-17-21(27-19(23)15-22)20(24-3)18(16-26-17)25-14-7-5-2;3-2(4,5)1(6)7/h12-13,17-18,20-21H,4-11,14-16,22H2,1-3H3;(H,6,7)/t17-,18+,20-,21+;/m0./s1. The van der Waals surface area contributed by atoms with Crippen LogP contribution in [0.25, 0.3) is 0 Å². The highest BCUT2D eigenvalue weighted by atomic mass is 19.4. The molecule has 0 saturated carbocycles. The monoisotopic (exact) mass is 499 g/mol. The summed E-state index contributed by atoms with van der Waals surface area (Å²) in [5, 5.41) is 7.12. The summed E-state index contributed by atoms with van der Waals surface area (Å²) in [6.45, 7) is 5.23. The number of allylic oxidation sites excluding steroid dienone is 1. The Morgan fingerprint density at radius 3 is 2.24 bits per heavy atom. The fraction of sp³-hybridized carbons (Fsp3) is 0.826. The van der Waals surface area contributed by atoms with Crippen molar-refractivity contribution < 1.29 is 46.8 Å². The SMILES string of the molecule is CCCCCCCC=C[C@@H]1OC[C@@H](OCCCC)[C@H](OC)[C@@H]1OC(=O)CN.O=C(O)C(F)(F)F. The molecule has 11 heteroatoms. The topological polar surface area (TPSA) is 117 Å². The molecule has 1 aliphatic rings. The number of ether oxygens (including phenoxy) is 4. The minimum Gasteiger partial charge on any atom is -0.475 e. The van der Waals surface area contributed by atoms with Gasteiger partial charge in [-0.05, 0) is 19.3 Å². The van der Waals surface area contributed by atoms with Crippen molar-refractivity contribution in [2.24, 2.45) is 5.73 Å². The molecule has 0 aromatic heterocycles. The Labute approximate surface area is 199 Å². The van der Waals surface area contributed by atoms with Crippen LogP contribution in [-0.4, -0.2) is 74.5 Å². The quantitative estimate of drug-likeness (QED) is 0.209. The van der Waals surface area contributed by atoms with Gasteiger partial charge in [0.25, 0.3) is 0 Å². The van der Waals surface area contributed by atoms with Crippen LogP contribution < -0.4 is 5.73 Å². The smallest absolute Gasteiger partial charge is 0.475 e. The van der Waals surface area contributed by atoms with Crippen molar-refractivity contribution in [1.82, 2.24) is 0 Å². The first-order valence-electron chi connectivity index (χ1n) is 11.7. The molecule has 0 bridgehead atoms. The second-order valence-corrected chi connectivity index (χ2v) is 7.85. The summed E-state index contributed by atoms with van der Waals surface area (Å²) >= 11 is 0. The third-order valence-corrected chi connectivity index (χ3v) is 5.05. The zero-order chi connectivity index (χ0) is 26.0. The summed E-state index contributed by atoms with van der Waals surface area (Å²) in [5.41, 5.74) is 5.43. The number of nitrogens with two attached hydrogens (primary N) is 1. The maximum atomic E-state index is 11.8. The molecule has 0 aliphatic carbocycles. The Kier molecular flexibility index (Phi) is 17.7. The average molecular weight is 500 g/mol. The van der Waals surface area contributed by atoms with E-state index in [0.717, 1.165) is 25.7 Å². The maximum Gasteiger partial charge on any atom is 0.490 e. The van der Waals surface area contributed by atoms with E-state index in [4.69, 9.17) is 34.6 Å². The van der Waals surface area contributed by atoms with Crippen molar-refractivity contribution in [2.45, 2.75) is 95.8 Å². The van der Waals surface area contributed by atoms with Gasteiger partial charge in [-0.3, -0.25) is 4.79 Å². The van der Waals surface area contributed by atoms with Crippen LogP contribution in [0.3, 0.4) is 0 Å². The minimum absolute atomic E-state index is 0.165. The molecular formula is C23H40F3NO7. The third kappa shape index (κ3) is 13.9. The third-order valence-electron chi connectivity index (χ3n) is 5.05. The van der Waals surface area contributed by atoms with Crippen molar-refractivity contribution in [1.29, 1.82) is 0 Å². The summed E-state index contributed by atoms with van der Waals surface area (Å²) in [6, 6.07) is 0. The lowest BCUT2D eigenvalue weighted by atomic mass is 9.98. The molecule has 0 aromatic rings. The van der Waals surface area contributed by atoms with Crippen LogP contribution in [0.2, 0.25) is 0 Å². The molecule has 0 amide bonds. The van der Waals surface area contributed by atoms with E-state index in [1.807, 2.05) is 6.08 Å². The molecule has 4 atom stereocenters. The molecule has 200 valence electrons.